The van der Waals surface area contributed by atoms with Gasteiger partial charge in [-0.15, -0.1) is 0 Å². The van der Waals surface area contributed by atoms with Crippen LogP contribution >= 0.6 is 0 Å². The Morgan fingerprint density at radius 1 is 1.24 bits per heavy atom. The number of pyridine rings is 1. The molecule has 10 heteroatoms. The number of aromatic nitrogens is 3. The van der Waals surface area contributed by atoms with E-state index in [-0.39, 0.29) is 17.8 Å². The number of nitrogens with zero attached hydrogens (tertiary/aromatic N) is 4. The molecule has 2 unspecified atom stereocenters. The summed E-state index contributed by atoms with van der Waals surface area (Å²) in [4.78, 5) is 22.6. The predicted octanol–water partition coefficient (Wildman–Crippen LogP) is 2.98. The maximum absolute atomic E-state index is 13.7. The normalized spacial score (nSPS) is 19.3. The van der Waals surface area contributed by atoms with Gasteiger partial charge in [0.05, 0.1) is 11.7 Å². The van der Waals surface area contributed by atoms with Gasteiger partial charge in [0.1, 0.15) is 11.6 Å². The maximum Gasteiger partial charge on any atom is 0.319 e. The highest BCUT2D eigenvalue weighted by atomic mass is 19.1. The Balaban J connectivity index is 1.38. The summed E-state index contributed by atoms with van der Waals surface area (Å²) in [6.07, 6.45) is 3.85. The van der Waals surface area contributed by atoms with E-state index < -0.39 is 17.7 Å². The number of likely N-dealkylation sites (tertiary alicyclic amines) is 1. The second-order valence-corrected chi connectivity index (χ2v) is 6.80. The highest BCUT2D eigenvalue weighted by Gasteiger charge is 2.35. The zero-order chi connectivity index (χ0) is 20.4. The van der Waals surface area contributed by atoms with Gasteiger partial charge in [-0.25, -0.2) is 13.6 Å². The monoisotopic (exact) mass is 400 g/mol. The third-order valence-corrected chi connectivity index (χ3v) is 4.73. The number of benzene rings is 1. The molecule has 8 nitrogen and oxygen atoms in total. The number of urea groups is 1. The molecular formula is C19H18F2N6O2. The van der Waals surface area contributed by atoms with Gasteiger partial charge in [-0.05, 0) is 37.7 Å². The molecule has 2 atom stereocenters. The minimum Gasteiger partial charge on any atom is -0.337 e. The first-order valence-corrected chi connectivity index (χ1v) is 8.96. The second kappa shape index (κ2) is 7.92. The highest BCUT2D eigenvalue weighted by Crippen LogP contribution is 2.31. The van der Waals surface area contributed by atoms with Crippen molar-refractivity contribution in [1.82, 2.24) is 25.3 Å². The number of nitrogens with one attached hydrogen (secondary N) is 2. The molecule has 2 N–H and O–H groups in total. The van der Waals surface area contributed by atoms with Crippen molar-refractivity contribution < 1.29 is 18.1 Å². The lowest BCUT2D eigenvalue weighted by atomic mass is 10.1. The Morgan fingerprint density at radius 2 is 2.03 bits per heavy atom. The topological polar surface area (TPSA) is 96.2 Å². The molecule has 0 spiro atoms. The van der Waals surface area contributed by atoms with Crippen molar-refractivity contribution in [2.75, 3.05) is 18.9 Å². The third kappa shape index (κ3) is 4.21. The lowest BCUT2D eigenvalue weighted by Gasteiger charge is -2.14. The fourth-order valence-corrected chi connectivity index (χ4v) is 3.32. The van der Waals surface area contributed by atoms with Gasteiger partial charge in [-0.3, -0.25) is 9.88 Å². The van der Waals surface area contributed by atoms with Gasteiger partial charge in [-0.2, -0.15) is 4.98 Å². The number of amides is 2. The minimum absolute atomic E-state index is 0.0919. The van der Waals surface area contributed by atoms with Gasteiger partial charge in [0.15, 0.2) is 0 Å². The van der Waals surface area contributed by atoms with E-state index in [9.17, 15) is 13.6 Å². The highest BCUT2D eigenvalue weighted by molar-refractivity contribution is 5.89. The number of anilines is 1. The molecule has 2 aromatic heterocycles. The van der Waals surface area contributed by atoms with E-state index >= 15 is 0 Å². The average molecular weight is 400 g/mol. The van der Waals surface area contributed by atoms with Crippen molar-refractivity contribution in [3.63, 3.8) is 0 Å². The molecule has 4 rings (SSSR count). The van der Waals surface area contributed by atoms with Crippen LogP contribution in [0.4, 0.5) is 19.3 Å². The van der Waals surface area contributed by atoms with Crippen molar-refractivity contribution in [3.8, 4) is 11.4 Å². The molecular weight excluding hydrogens is 382 g/mol. The summed E-state index contributed by atoms with van der Waals surface area (Å²) in [6, 6.07) is 5.60. The van der Waals surface area contributed by atoms with E-state index in [0.717, 1.165) is 11.6 Å². The molecule has 1 aliphatic heterocycles. The third-order valence-electron chi connectivity index (χ3n) is 4.73. The maximum atomic E-state index is 13.7. The molecule has 0 aliphatic carbocycles. The largest absolute Gasteiger partial charge is 0.337 e. The van der Waals surface area contributed by atoms with Crippen LogP contribution in [0.5, 0.6) is 0 Å². The van der Waals surface area contributed by atoms with Crippen molar-refractivity contribution in [2.24, 2.45) is 0 Å². The number of carbonyl (C=O) groups excluding carboxylic acids is 1. The van der Waals surface area contributed by atoms with Gasteiger partial charge in [0.2, 0.25) is 11.7 Å². The van der Waals surface area contributed by atoms with Crippen LogP contribution in [0.3, 0.4) is 0 Å². The van der Waals surface area contributed by atoms with Gasteiger partial charge in [0.25, 0.3) is 0 Å². The summed E-state index contributed by atoms with van der Waals surface area (Å²) >= 11 is 0. The van der Waals surface area contributed by atoms with Crippen LogP contribution in [0.2, 0.25) is 0 Å². The minimum atomic E-state index is -0.837. The number of halogens is 2. The van der Waals surface area contributed by atoms with Crippen molar-refractivity contribution in [1.29, 1.82) is 0 Å². The first kappa shape index (κ1) is 18.9. The Bertz CT molecular complexity index is 1010. The quantitative estimate of drug-likeness (QED) is 0.699. The first-order chi connectivity index (χ1) is 14.0. The summed E-state index contributed by atoms with van der Waals surface area (Å²) in [6.45, 7) is 0.553. The van der Waals surface area contributed by atoms with Gasteiger partial charge in [0, 0.05) is 36.6 Å². The van der Waals surface area contributed by atoms with Crippen LogP contribution in [0, 0.1) is 11.6 Å². The molecule has 1 saturated heterocycles. The SMILES string of the molecule is CN1CC(NC(=O)Nc2ccc(F)cc2F)CC1c1nc(-c2ccncc2)no1. The van der Waals surface area contributed by atoms with Crippen LogP contribution in [0.15, 0.2) is 47.2 Å². The number of likely N-dealkylation sites (N-methyl/N-ethyl adjacent to an activating group) is 1. The summed E-state index contributed by atoms with van der Waals surface area (Å²) in [5, 5.41) is 9.19. The predicted molar refractivity (Wildman–Crippen MR) is 99.8 cm³/mol. The Labute approximate surface area is 164 Å². The van der Waals surface area contributed by atoms with Crippen LogP contribution in [-0.4, -0.2) is 45.7 Å². The summed E-state index contributed by atoms with van der Waals surface area (Å²) in [5.41, 5.74) is 0.705. The van der Waals surface area contributed by atoms with E-state index in [0.29, 0.717) is 30.7 Å². The summed E-state index contributed by atoms with van der Waals surface area (Å²) in [5.74, 6) is -0.624. The van der Waals surface area contributed by atoms with Crippen molar-refractivity contribution in [2.45, 2.75) is 18.5 Å². The molecule has 2 amide bonds. The van der Waals surface area contributed by atoms with Crippen LogP contribution in [-0.2, 0) is 0 Å². The fourth-order valence-electron chi connectivity index (χ4n) is 3.32. The average Bonchev–Trinajstić information content (AvgIpc) is 3.31. The molecule has 1 aliphatic rings. The Hall–Kier alpha value is -3.40. The zero-order valence-electron chi connectivity index (χ0n) is 15.5. The molecule has 1 fully saturated rings. The fraction of sp³-hybridized carbons (Fsp3) is 0.263. The van der Waals surface area contributed by atoms with Crippen molar-refractivity contribution >= 4 is 11.7 Å². The summed E-state index contributed by atoms with van der Waals surface area (Å²) in [7, 11) is 1.89. The van der Waals surface area contributed by atoms with Crippen molar-refractivity contribution in [3.05, 3.63) is 60.3 Å². The smallest absolute Gasteiger partial charge is 0.319 e. The molecule has 0 bridgehead atoms. The van der Waals surface area contributed by atoms with Gasteiger partial charge in [-0.1, -0.05) is 5.16 Å². The standard InChI is InChI=1S/C19H18F2N6O2/c1-27-10-13(23-19(28)24-15-3-2-12(20)8-14(15)21)9-16(27)18-25-17(26-29-18)11-4-6-22-7-5-11/h2-8,13,16H,9-10H2,1H3,(H2,23,24,28). The van der Waals surface area contributed by atoms with E-state index in [1.165, 1.54) is 6.07 Å². The Kier molecular flexibility index (Phi) is 5.17. The number of rotatable bonds is 4. The number of carbonyl (C=O) groups is 1. The van der Waals surface area contributed by atoms with Crippen LogP contribution in [0.25, 0.3) is 11.4 Å². The molecule has 150 valence electrons. The second-order valence-electron chi connectivity index (χ2n) is 6.80. The Morgan fingerprint density at radius 3 is 2.79 bits per heavy atom. The van der Waals surface area contributed by atoms with Gasteiger partial charge >= 0.3 is 6.03 Å². The van der Waals surface area contributed by atoms with E-state index in [1.54, 1.807) is 24.5 Å². The van der Waals surface area contributed by atoms with E-state index in [2.05, 4.69) is 25.8 Å². The van der Waals surface area contributed by atoms with E-state index in [4.69, 9.17) is 4.52 Å². The number of hydrogen-bond acceptors (Lipinski definition) is 6. The summed E-state index contributed by atoms with van der Waals surface area (Å²) < 4.78 is 32.1. The molecule has 3 aromatic rings. The van der Waals surface area contributed by atoms with Crippen LogP contribution < -0.4 is 10.6 Å². The first-order valence-electron chi connectivity index (χ1n) is 8.96. The zero-order valence-corrected chi connectivity index (χ0v) is 15.5. The molecule has 0 radical (unpaired) electrons. The van der Waals surface area contributed by atoms with Gasteiger partial charge < -0.3 is 15.2 Å². The van der Waals surface area contributed by atoms with E-state index in [1.807, 2.05) is 11.9 Å². The van der Waals surface area contributed by atoms with Crippen LogP contribution in [0.1, 0.15) is 18.4 Å². The number of hydrogen-bond donors (Lipinski definition) is 2. The lowest BCUT2D eigenvalue weighted by molar-refractivity contribution is 0.243. The molecule has 3 heterocycles. The molecule has 1 aromatic carbocycles. The molecule has 29 heavy (non-hydrogen) atoms. The molecule has 0 saturated carbocycles. The lowest BCUT2D eigenvalue weighted by Crippen LogP contribution is -2.39.